The summed E-state index contributed by atoms with van der Waals surface area (Å²) in [4.78, 5) is 1.24. The Morgan fingerprint density at radius 3 is 2.57 bits per heavy atom. The highest BCUT2D eigenvalue weighted by atomic mass is 32.2. The number of nitrogens with one attached hydrogen (secondary N) is 1. The molecule has 1 atom stereocenters. The molecular weight excluding hydrogens is 282 g/mol. The third-order valence-electron chi connectivity index (χ3n) is 3.91. The molecule has 0 aliphatic heterocycles. The zero-order chi connectivity index (χ0) is 15.1. The molecule has 0 spiro atoms. The van der Waals surface area contributed by atoms with E-state index in [9.17, 15) is 0 Å². The first-order valence-corrected chi connectivity index (χ1v) is 8.65. The molecule has 116 valence electrons. The van der Waals surface area contributed by atoms with E-state index in [1.807, 2.05) is 0 Å². The Morgan fingerprint density at radius 1 is 1.19 bits per heavy atom. The van der Waals surface area contributed by atoms with Gasteiger partial charge in [0.1, 0.15) is 0 Å². The van der Waals surface area contributed by atoms with Gasteiger partial charge in [-0.25, -0.2) is 0 Å². The Kier molecular flexibility index (Phi) is 6.46. The first kappa shape index (κ1) is 16.2. The lowest BCUT2D eigenvalue weighted by molar-refractivity contribution is 0.353. The van der Waals surface area contributed by atoms with Gasteiger partial charge >= 0.3 is 0 Å². The summed E-state index contributed by atoms with van der Waals surface area (Å²) in [6.45, 7) is 1.95. The SMILES string of the molecule is COc1cc(CNCC2CC=CCC2)c(SC)cc1OC. The van der Waals surface area contributed by atoms with Crippen LogP contribution in [0.1, 0.15) is 24.8 Å². The van der Waals surface area contributed by atoms with Crippen molar-refractivity contribution < 1.29 is 9.47 Å². The fraction of sp³-hybridized carbons (Fsp3) is 0.529. The molecule has 0 aromatic heterocycles. The first-order valence-electron chi connectivity index (χ1n) is 7.43. The fourth-order valence-corrected chi connectivity index (χ4v) is 3.30. The van der Waals surface area contributed by atoms with Crippen LogP contribution in [0.25, 0.3) is 0 Å². The summed E-state index contributed by atoms with van der Waals surface area (Å²) >= 11 is 1.74. The van der Waals surface area contributed by atoms with Gasteiger partial charge in [0.05, 0.1) is 14.2 Å². The van der Waals surface area contributed by atoms with Crippen molar-refractivity contribution in [1.29, 1.82) is 0 Å². The second-order valence-corrected chi connectivity index (χ2v) is 6.15. The molecule has 0 saturated carbocycles. The van der Waals surface area contributed by atoms with Gasteiger partial charge in [-0.3, -0.25) is 0 Å². The molecule has 0 heterocycles. The van der Waals surface area contributed by atoms with E-state index in [1.165, 1.54) is 29.7 Å². The molecule has 1 aliphatic carbocycles. The smallest absolute Gasteiger partial charge is 0.161 e. The molecular formula is C17H25NO2S. The molecule has 1 aromatic carbocycles. The largest absolute Gasteiger partial charge is 0.493 e. The second-order valence-electron chi connectivity index (χ2n) is 5.30. The highest BCUT2D eigenvalue weighted by Gasteiger charge is 2.12. The summed E-state index contributed by atoms with van der Waals surface area (Å²) in [5.74, 6) is 2.36. The van der Waals surface area contributed by atoms with Crippen molar-refractivity contribution in [2.24, 2.45) is 5.92 Å². The van der Waals surface area contributed by atoms with E-state index in [0.29, 0.717) is 0 Å². The van der Waals surface area contributed by atoms with Crippen LogP contribution in [0.15, 0.2) is 29.2 Å². The number of thioether (sulfide) groups is 1. The quantitative estimate of drug-likeness (QED) is 0.612. The summed E-state index contributed by atoms with van der Waals surface area (Å²) in [6.07, 6.45) is 10.4. The molecule has 0 bridgehead atoms. The number of rotatable bonds is 7. The lowest BCUT2D eigenvalue weighted by Crippen LogP contribution is -2.23. The van der Waals surface area contributed by atoms with Crippen LogP contribution in [-0.2, 0) is 6.54 Å². The first-order chi connectivity index (χ1) is 10.3. The molecule has 4 heteroatoms. The lowest BCUT2D eigenvalue weighted by Gasteiger charge is -2.19. The van der Waals surface area contributed by atoms with E-state index in [0.717, 1.165) is 30.5 Å². The van der Waals surface area contributed by atoms with Crippen LogP contribution in [0.2, 0.25) is 0 Å². The molecule has 0 radical (unpaired) electrons. The maximum Gasteiger partial charge on any atom is 0.161 e. The number of hydrogen-bond acceptors (Lipinski definition) is 4. The van der Waals surface area contributed by atoms with E-state index >= 15 is 0 Å². The second kappa shape index (κ2) is 8.35. The van der Waals surface area contributed by atoms with Crippen molar-refractivity contribution in [3.63, 3.8) is 0 Å². The van der Waals surface area contributed by atoms with Gasteiger partial charge in [-0.15, -0.1) is 11.8 Å². The van der Waals surface area contributed by atoms with Crippen LogP contribution in [-0.4, -0.2) is 27.0 Å². The van der Waals surface area contributed by atoms with Gasteiger partial charge in [-0.1, -0.05) is 12.2 Å². The molecule has 0 amide bonds. The zero-order valence-electron chi connectivity index (χ0n) is 13.1. The monoisotopic (exact) mass is 307 g/mol. The topological polar surface area (TPSA) is 30.5 Å². The number of ether oxygens (including phenoxy) is 2. The van der Waals surface area contributed by atoms with Crippen LogP contribution in [0.5, 0.6) is 11.5 Å². The van der Waals surface area contributed by atoms with Crippen molar-refractivity contribution in [3.05, 3.63) is 29.8 Å². The Hall–Kier alpha value is -1.13. The van der Waals surface area contributed by atoms with Gasteiger partial charge < -0.3 is 14.8 Å². The third-order valence-corrected chi connectivity index (χ3v) is 4.73. The van der Waals surface area contributed by atoms with Crippen molar-refractivity contribution in [2.75, 3.05) is 27.0 Å². The molecule has 1 N–H and O–H groups in total. The Morgan fingerprint density at radius 2 is 1.95 bits per heavy atom. The summed E-state index contributed by atoms with van der Waals surface area (Å²) in [5.41, 5.74) is 1.27. The Balaban J connectivity index is 1.99. The predicted molar refractivity (Wildman–Crippen MR) is 89.5 cm³/mol. The normalized spacial score (nSPS) is 17.8. The third kappa shape index (κ3) is 4.42. The maximum absolute atomic E-state index is 5.40. The van der Waals surface area contributed by atoms with Crippen LogP contribution < -0.4 is 14.8 Å². The van der Waals surface area contributed by atoms with Crippen LogP contribution in [0, 0.1) is 5.92 Å². The minimum absolute atomic E-state index is 0.771. The van der Waals surface area contributed by atoms with Crippen LogP contribution in [0.4, 0.5) is 0 Å². The van der Waals surface area contributed by atoms with E-state index < -0.39 is 0 Å². The molecule has 1 unspecified atom stereocenters. The average Bonchev–Trinajstić information content (AvgIpc) is 2.55. The van der Waals surface area contributed by atoms with Crippen molar-refractivity contribution in [3.8, 4) is 11.5 Å². The standard InChI is InChI=1S/C17H25NO2S/c1-19-15-9-14(17(21-3)10-16(15)20-2)12-18-11-13-7-5-4-6-8-13/h4-5,9-10,13,18H,6-8,11-12H2,1-3H3. The van der Waals surface area contributed by atoms with Crippen molar-refractivity contribution >= 4 is 11.8 Å². The van der Waals surface area contributed by atoms with Gasteiger partial charge in [0.2, 0.25) is 0 Å². The van der Waals surface area contributed by atoms with Crippen molar-refractivity contribution in [2.45, 2.75) is 30.7 Å². The number of benzene rings is 1. The Bertz CT molecular complexity index is 488. The molecule has 2 rings (SSSR count). The van der Waals surface area contributed by atoms with Crippen molar-refractivity contribution in [1.82, 2.24) is 5.32 Å². The minimum Gasteiger partial charge on any atom is -0.493 e. The highest BCUT2D eigenvalue weighted by molar-refractivity contribution is 7.98. The van der Waals surface area contributed by atoms with E-state index in [4.69, 9.17) is 9.47 Å². The summed E-state index contributed by atoms with van der Waals surface area (Å²) in [5, 5.41) is 3.59. The lowest BCUT2D eigenvalue weighted by atomic mass is 9.94. The van der Waals surface area contributed by atoms with E-state index in [1.54, 1.807) is 26.0 Å². The molecule has 3 nitrogen and oxygen atoms in total. The summed E-state index contributed by atoms with van der Waals surface area (Å²) in [7, 11) is 3.36. The van der Waals surface area contributed by atoms with Crippen LogP contribution >= 0.6 is 11.8 Å². The number of hydrogen-bond donors (Lipinski definition) is 1. The van der Waals surface area contributed by atoms with Gasteiger partial charge in [0, 0.05) is 11.4 Å². The summed E-state index contributed by atoms with van der Waals surface area (Å²) < 4.78 is 10.8. The van der Waals surface area contributed by atoms with Gasteiger partial charge in [0.25, 0.3) is 0 Å². The van der Waals surface area contributed by atoms with Crippen LogP contribution in [0.3, 0.4) is 0 Å². The number of allylic oxidation sites excluding steroid dienone is 2. The summed E-state index contributed by atoms with van der Waals surface area (Å²) in [6, 6.07) is 4.14. The van der Waals surface area contributed by atoms with Gasteiger partial charge in [0.15, 0.2) is 11.5 Å². The fourth-order valence-electron chi connectivity index (χ4n) is 2.68. The zero-order valence-corrected chi connectivity index (χ0v) is 14.0. The van der Waals surface area contributed by atoms with E-state index in [2.05, 4.69) is 35.9 Å². The maximum atomic E-state index is 5.40. The highest BCUT2D eigenvalue weighted by Crippen LogP contribution is 2.34. The molecule has 0 saturated heterocycles. The van der Waals surface area contributed by atoms with Gasteiger partial charge in [-0.05, 0) is 55.7 Å². The molecule has 21 heavy (non-hydrogen) atoms. The molecule has 0 fully saturated rings. The predicted octanol–water partition coefficient (Wildman–Crippen LogP) is 3.87. The molecule has 1 aromatic rings. The minimum atomic E-state index is 0.771. The number of methoxy groups -OCH3 is 2. The van der Waals surface area contributed by atoms with E-state index in [-0.39, 0.29) is 0 Å². The van der Waals surface area contributed by atoms with Gasteiger partial charge in [-0.2, -0.15) is 0 Å². The Labute approximate surface area is 132 Å². The molecule has 1 aliphatic rings. The average molecular weight is 307 g/mol.